The average molecular weight is 603 g/mol. The lowest BCUT2D eigenvalue weighted by Crippen LogP contribution is -2.38. The summed E-state index contributed by atoms with van der Waals surface area (Å²) < 4.78 is 8.01. The molecule has 0 N–H and O–H groups in total. The van der Waals surface area contributed by atoms with E-state index in [2.05, 4.69) is 12.1 Å². The van der Waals surface area contributed by atoms with E-state index in [-0.39, 0.29) is 17.4 Å². The number of fused-ring (bicyclic) bond motifs is 3. The Labute approximate surface area is 253 Å². The molecule has 1 aromatic heterocycles. The monoisotopic (exact) mass is 602 g/mol. The largest absolute Gasteiger partial charge is 0.450 e. The Morgan fingerprint density at radius 1 is 0.886 bits per heavy atom. The number of hydrogen-bond acceptors (Lipinski definition) is 8. The van der Waals surface area contributed by atoms with Crippen LogP contribution in [0.5, 0.6) is 11.5 Å². The molecule has 7 rings (SSSR count). The van der Waals surface area contributed by atoms with Crippen molar-refractivity contribution in [1.29, 1.82) is 0 Å². The molecule has 0 unspecified atom stereocenters. The van der Waals surface area contributed by atoms with Gasteiger partial charge in [-0.05, 0) is 59.4 Å². The van der Waals surface area contributed by atoms with Gasteiger partial charge in [-0.1, -0.05) is 78.1 Å². The first kappa shape index (κ1) is 27.2. The smallest absolute Gasteiger partial charge is 0.318 e. The Kier molecular flexibility index (Phi) is 6.71. The van der Waals surface area contributed by atoms with E-state index in [4.69, 9.17) is 9.73 Å². The van der Waals surface area contributed by atoms with Gasteiger partial charge in [0, 0.05) is 11.6 Å². The highest BCUT2D eigenvalue weighted by Gasteiger charge is 2.32. The fraction of sp³-hybridized carbons (Fsp3) is 0.0909. The first-order chi connectivity index (χ1) is 21.4. The first-order valence-corrected chi connectivity index (χ1v) is 14.6. The summed E-state index contributed by atoms with van der Waals surface area (Å²) in [6, 6.07) is 28.0. The minimum Gasteiger partial charge on any atom is -0.450 e. The van der Waals surface area contributed by atoms with E-state index in [0.717, 1.165) is 52.9 Å². The third kappa shape index (κ3) is 4.78. The molecule has 0 saturated heterocycles. The number of non-ortho nitro benzene ring substituents is 1. The third-order valence-electron chi connectivity index (χ3n) is 7.74. The molecular weight excluding hydrogens is 580 g/mol. The summed E-state index contributed by atoms with van der Waals surface area (Å²) in [5, 5.41) is 22.5. The zero-order valence-electron chi connectivity index (χ0n) is 23.0. The van der Waals surface area contributed by atoms with Crippen molar-refractivity contribution in [3.8, 4) is 11.5 Å². The lowest BCUT2D eigenvalue weighted by atomic mass is 9.83. The quantitative estimate of drug-likeness (QED) is 0.175. The second-order valence-electron chi connectivity index (χ2n) is 10.4. The Morgan fingerprint density at radius 2 is 1.64 bits per heavy atom. The topological polar surface area (TPSA) is 130 Å². The van der Waals surface area contributed by atoms with Gasteiger partial charge in [0.15, 0.2) is 4.80 Å². The molecular formula is C33H22N4O6S. The molecule has 0 bridgehead atoms. The average Bonchev–Trinajstić information content (AvgIpc) is 3.35. The van der Waals surface area contributed by atoms with Crippen LogP contribution in [0.15, 0.2) is 112 Å². The lowest BCUT2D eigenvalue weighted by Gasteiger charge is -2.30. The van der Waals surface area contributed by atoms with Gasteiger partial charge in [0.1, 0.15) is 5.75 Å². The minimum atomic E-state index is -0.727. The highest BCUT2D eigenvalue weighted by Crippen LogP contribution is 2.41. The predicted octanol–water partition coefficient (Wildman–Crippen LogP) is 5.93. The molecule has 1 aliphatic carbocycles. The van der Waals surface area contributed by atoms with Crippen LogP contribution in [0.2, 0.25) is 0 Å². The van der Waals surface area contributed by atoms with E-state index in [1.807, 2.05) is 42.5 Å². The number of ether oxygens (including phenoxy) is 1. The summed E-state index contributed by atoms with van der Waals surface area (Å²) in [5.74, 6) is 0.184. The van der Waals surface area contributed by atoms with Crippen LogP contribution in [-0.4, -0.2) is 14.4 Å². The minimum absolute atomic E-state index is 0.117. The summed E-state index contributed by atoms with van der Waals surface area (Å²) in [4.78, 5) is 40.7. The molecule has 2 heterocycles. The lowest BCUT2D eigenvalue weighted by molar-refractivity contribution is -0.394. The standard InChI is InChI=1S/C33H22N4O6S/c38-32-29(18-20-10-14-24(15-11-20)43-28-17-13-23(36(39)40)19-27(28)37(41)42)44-33-34-30-25-9-5-4-6-21(25)12-16-26(30)31(35(32)33)22-7-2-1-3-8-22/h1-11,13-15,17-19,31H,12,16H2/b29-18+/t31-/m1/s1. The number of thiazole rings is 1. The fourth-order valence-corrected chi connectivity index (χ4v) is 6.72. The van der Waals surface area contributed by atoms with Crippen LogP contribution in [0, 0.1) is 20.2 Å². The van der Waals surface area contributed by atoms with Gasteiger partial charge in [0.05, 0.1) is 32.2 Å². The third-order valence-corrected chi connectivity index (χ3v) is 8.73. The zero-order chi connectivity index (χ0) is 30.4. The molecule has 1 atom stereocenters. The Morgan fingerprint density at radius 3 is 2.39 bits per heavy atom. The first-order valence-electron chi connectivity index (χ1n) is 13.8. The maximum absolute atomic E-state index is 13.9. The van der Waals surface area contributed by atoms with Crippen LogP contribution in [0.3, 0.4) is 0 Å². The van der Waals surface area contributed by atoms with Crippen LogP contribution in [0.25, 0.3) is 11.8 Å². The van der Waals surface area contributed by atoms with Crippen LogP contribution in [-0.2, 0) is 6.42 Å². The summed E-state index contributed by atoms with van der Waals surface area (Å²) in [7, 11) is 0. The van der Waals surface area contributed by atoms with E-state index >= 15 is 0 Å². The van der Waals surface area contributed by atoms with Gasteiger partial charge < -0.3 is 4.74 Å². The molecule has 44 heavy (non-hydrogen) atoms. The predicted molar refractivity (Wildman–Crippen MR) is 165 cm³/mol. The van der Waals surface area contributed by atoms with Crippen molar-refractivity contribution in [1.82, 2.24) is 4.57 Å². The number of hydrogen-bond donors (Lipinski definition) is 0. The highest BCUT2D eigenvalue weighted by molar-refractivity contribution is 7.07. The second-order valence-corrected chi connectivity index (χ2v) is 11.4. The molecule has 0 radical (unpaired) electrons. The second kappa shape index (κ2) is 10.9. The molecule has 11 heteroatoms. The van der Waals surface area contributed by atoms with E-state index in [0.29, 0.717) is 15.1 Å². The zero-order valence-corrected chi connectivity index (χ0v) is 23.8. The van der Waals surface area contributed by atoms with Gasteiger partial charge in [-0.3, -0.25) is 29.6 Å². The number of aromatic nitrogens is 1. The fourth-order valence-electron chi connectivity index (χ4n) is 5.72. The van der Waals surface area contributed by atoms with Gasteiger partial charge >= 0.3 is 5.69 Å². The number of nitro benzene ring substituents is 2. The van der Waals surface area contributed by atoms with Crippen LogP contribution in [0.1, 0.15) is 34.7 Å². The van der Waals surface area contributed by atoms with Crippen molar-refractivity contribution in [2.24, 2.45) is 4.99 Å². The summed E-state index contributed by atoms with van der Waals surface area (Å²) in [5.41, 5.74) is 5.15. The number of nitro groups is 2. The maximum Gasteiger partial charge on any atom is 0.318 e. The van der Waals surface area contributed by atoms with Gasteiger partial charge in [-0.2, -0.15) is 0 Å². The van der Waals surface area contributed by atoms with Crippen molar-refractivity contribution in [2.75, 3.05) is 0 Å². The molecule has 0 spiro atoms. The van der Waals surface area contributed by atoms with E-state index in [1.54, 1.807) is 34.9 Å². The van der Waals surface area contributed by atoms with Crippen LogP contribution < -0.4 is 19.6 Å². The number of allylic oxidation sites excluding steroid dienone is 1. The molecule has 216 valence electrons. The molecule has 2 aliphatic rings. The number of rotatable bonds is 6. The van der Waals surface area contributed by atoms with Crippen molar-refractivity contribution >= 4 is 34.5 Å². The number of nitrogens with zero attached hydrogens (tertiary/aromatic N) is 4. The summed E-state index contributed by atoms with van der Waals surface area (Å²) >= 11 is 1.33. The van der Waals surface area contributed by atoms with Crippen molar-refractivity contribution < 1.29 is 14.6 Å². The van der Waals surface area contributed by atoms with Crippen molar-refractivity contribution in [3.63, 3.8) is 0 Å². The van der Waals surface area contributed by atoms with Crippen molar-refractivity contribution in [3.05, 3.63) is 165 Å². The number of aryl methyl sites for hydroxylation is 1. The molecule has 0 fully saturated rings. The molecule has 1 aliphatic heterocycles. The molecule has 0 saturated carbocycles. The van der Waals surface area contributed by atoms with Crippen LogP contribution >= 0.6 is 11.3 Å². The van der Waals surface area contributed by atoms with Gasteiger partial charge in [-0.25, -0.2) is 4.99 Å². The Bertz CT molecular complexity index is 2190. The van der Waals surface area contributed by atoms with Gasteiger partial charge in [0.2, 0.25) is 5.75 Å². The van der Waals surface area contributed by atoms with E-state index in [1.165, 1.54) is 23.0 Å². The Balaban J connectivity index is 1.27. The van der Waals surface area contributed by atoms with E-state index < -0.39 is 21.2 Å². The molecule has 4 aromatic carbocycles. The molecule has 10 nitrogen and oxygen atoms in total. The summed E-state index contributed by atoms with van der Waals surface area (Å²) in [6.45, 7) is 0. The summed E-state index contributed by atoms with van der Waals surface area (Å²) in [6.07, 6.45) is 3.49. The number of benzene rings is 4. The Hall–Kier alpha value is -5.68. The van der Waals surface area contributed by atoms with Crippen LogP contribution in [0.4, 0.5) is 11.4 Å². The highest BCUT2D eigenvalue weighted by atomic mass is 32.1. The van der Waals surface area contributed by atoms with Gasteiger partial charge in [0.25, 0.3) is 11.2 Å². The molecule has 5 aromatic rings. The van der Waals surface area contributed by atoms with Gasteiger partial charge in [-0.15, -0.1) is 0 Å². The molecule has 0 amide bonds. The maximum atomic E-state index is 13.9. The van der Waals surface area contributed by atoms with E-state index in [9.17, 15) is 25.0 Å². The van der Waals surface area contributed by atoms with Crippen molar-refractivity contribution in [2.45, 2.75) is 18.9 Å². The SMILES string of the molecule is O=c1/c(=C\c2ccc(Oc3ccc([N+](=O)[O-])cc3[N+](=O)[O-])cc2)sc2n1[C@H](c1ccccc1)C1=C(N=2)c2ccccc2CC1. The normalized spacial score (nSPS) is 15.5.